The van der Waals surface area contributed by atoms with Crippen molar-refractivity contribution in [2.45, 2.75) is 6.17 Å². The van der Waals surface area contributed by atoms with Crippen molar-refractivity contribution in [2.75, 3.05) is 0 Å². The van der Waals surface area contributed by atoms with Crippen LogP contribution in [-0.4, -0.2) is 11.7 Å². The predicted octanol–water partition coefficient (Wildman–Crippen LogP) is 11.6. The van der Waals surface area contributed by atoms with Gasteiger partial charge in [0.2, 0.25) is 0 Å². The van der Waals surface area contributed by atoms with E-state index in [-0.39, 0.29) is 6.17 Å². The fraction of sp³-hybridized carbons (Fsp3) is 0.0222. The summed E-state index contributed by atoms with van der Waals surface area (Å²) in [5, 5.41) is 6.01. The molecule has 7 aromatic carbocycles. The van der Waals surface area contributed by atoms with Gasteiger partial charge in [0.05, 0.1) is 0 Å². The summed E-state index contributed by atoms with van der Waals surface area (Å²) in [7, 11) is 0. The average Bonchev–Trinajstić information content (AvgIpc) is 3.57. The van der Waals surface area contributed by atoms with E-state index in [2.05, 4.69) is 157 Å². The monoisotopic (exact) mass is 645 g/mol. The Hall–Kier alpha value is -6.10. The molecule has 1 unspecified atom stereocenters. The molecule has 0 saturated carbocycles. The molecule has 1 aromatic heterocycles. The Kier molecular flexibility index (Phi) is 7.41. The van der Waals surface area contributed by atoms with Crippen molar-refractivity contribution in [3.05, 3.63) is 193 Å². The molecule has 9 rings (SSSR count). The van der Waals surface area contributed by atoms with Crippen molar-refractivity contribution >= 4 is 43.2 Å². The number of hydrogen-bond acceptors (Lipinski definition) is 4. The smallest absolute Gasteiger partial charge is 0.160 e. The van der Waals surface area contributed by atoms with Gasteiger partial charge in [0.25, 0.3) is 0 Å². The first-order valence-corrected chi connectivity index (χ1v) is 17.3. The van der Waals surface area contributed by atoms with Gasteiger partial charge in [-0.2, -0.15) is 0 Å². The average molecular weight is 646 g/mol. The standard InChI is InChI=1S/C45H31N3S/c1-4-12-30(13-5-1)31-22-24-32(25-23-31)35-18-10-19-36(28-35)37-26-27-40-39(29-37)42-38(20-11-21-41(42)49-40)45-47-43(33-14-6-2-7-15-33)46-44(48-45)34-16-8-3-9-17-34/h1-29,43H,(H,46,47,48). The van der Waals surface area contributed by atoms with Crippen LogP contribution in [0.2, 0.25) is 0 Å². The number of fused-ring (bicyclic) bond motifs is 3. The third kappa shape index (κ3) is 5.62. The molecule has 49 heavy (non-hydrogen) atoms. The second-order valence-electron chi connectivity index (χ2n) is 12.3. The molecule has 1 atom stereocenters. The largest absolute Gasteiger partial charge is 0.344 e. The van der Waals surface area contributed by atoms with E-state index in [4.69, 9.17) is 9.98 Å². The molecule has 3 nitrogen and oxygen atoms in total. The molecule has 0 amide bonds. The molecule has 0 aliphatic carbocycles. The summed E-state index contributed by atoms with van der Waals surface area (Å²) >= 11 is 1.82. The van der Waals surface area contributed by atoms with Crippen LogP contribution < -0.4 is 5.32 Å². The Labute approximate surface area is 289 Å². The van der Waals surface area contributed by atoms with Crippen LogP contribution in [0.5, 0.6) is 0 Å². The van der Waals surface area contributed by atoms with Crippen LogP contribution in [-0.2, 0) is 0 Å². The highest BCUT2D eigenvalue weighted by Crippen LogP contribution is 2.40. The molecule has 0 bridgehead atoms. The van der Waals surface area contributed by atoms with Crippen molar-refractivity contribution in [1.29, 1.82) is 0 Å². The van der Waals surface area contributed by atoms with Crippen LogP contribution in [0.15, 0.2) is 186 Å². The van der Waals surface area contributed by atoms with E-state index < -0.39 is 0 Å². The zero-order valence-electron chi connectivity index (χ0n) is 26.6. The molecule has 1 aliphatic rings. The maximum atomic E-state index is 5.21. The highest BCUT2D eigenvalue weighted by molar-refractivity contribution is 7.25. The Morgan fingerprint density at radius 1 is 0.449 bits per heavy atom. The van der Waals surface area contributed by atoms with Crippen molar-refractivity contribution < 1.29 is 0 Å². The van der Waals surface area contributed by atoms with Crippen molar-refractivity contribution in [3.8, 4) is 33.4 Å². The van der Waals surface area contributed by atoms with Gasteiger partial charge >= 0.3 is 0 Å². The molecule has 1 N–H and O–H groups in total. The summed E-state index contributed by atoms with van der Waals surface area (Å²) in [6, 6.07) is 62.3. The fourth-order valence-corrected chi connectivity index (χ4v) is 7.79. The molecule has 0 radical (unpaired) electrons. The predicted molar refractivity (Wildman–Crippen MR) is 207 cm³/mol. The van der Waals surface area contributed by atoms with Crippen LogP contribution in [0.3, 0.4) is 0 Å². The highest BCUT2D eigenvalue weighted by Gasteiger charge is 2.23. The van der Waals surface area contributed by atoms with Crippen molar-refractivity contribution in [2.24, 2.45) is 9.98 Å². The highest BCUT2D eigenvalue weighted by atomic mass is 32.1. The summed E-state index contributed by atoms with van der Waals surface area (Å²) in [4.78, 5) is 10.4. The van der Waals surface area contributed by atoms with Gasteiger partial charge in [0, 0.05) is 31.3 Å². The maximum absolute atomic E-state index is 5.21. The van der Waals surface area contributed by atoms with E-state index in [0.29, 0.717) is 0 Å². The summed E-state index contributed by atoms with van der Waals surface area (Å²) in [5.41, 5.74) is 10.4. The number of nitrogens with one attached hydrogen (secondary N) is 1. The third-order valence-corrected chi connectivity index (χ3v) is 10.3. The maximum Gasteiger partial charge on any atom is 0.160 e. The van der Waals surface area contributed by atoms with Crippen LogP contribution in [0.25, 0.3) is 53.6 Å². The summed E-state index contributed by atoms with van der Waals surface area (Å²) in [6.45, 7) is 0. The van der Waals surface area contributed by atoms with E-state index in [1.54, 1.807) is 0 Å². The van der Waals surface area contributed by atoms with Gasteiger partial charge in [0.1, 0.15) is 12.0 Å². The molecule has 0 spiro atoms. The minimum atomic E-state index is -0.246. The number of benzene rings is 7. The lowest BCUT2D eigenvalue weighted by atomic mass is 9.96. The number of rotatable bonds is 6. The van der Waals surface area contributed by atoms with Gasteiger partial charge in [-0.05, 0) is 63.2 Å². The lowest BCUT2D eigenvalue weighted by Crippen LogP contribution is -2.33. The minimum Gasteiger partial charge on any atom is -0.344 e. The van der Waals surface area contributed by atoms with Gasteiger partial charge in [-0.15, -0.1) is 11.3 Å². The first-order valence-electron chi connectivity index (χ1n) is 16.5. The molecule has 232 valence electrons. The number of thiophene rings is 1. The lowest BCUT2D eigenvalue weighted by Gasteiger charge is -2.24. The number of amidine groups is 2. The normalized spacial score (nSPS) is 14.3. The van der Waals surface area contributed by atoms with Crippen molar-refractivity contribution in [1.82, 2.24) is 5.32 Å². The first kappa shape index (κ1) is 29.1. The molecule has 0 saturated heterocycles. The summed E-state index contributed by atoms with van der Waals surface area (Å²) in [5.74, 6) is 1.56. The van der Waals surface area contributed by atoms with E-state index in [1.165, 1.54) is 53.6 Å². The second kappa shape index (κ2) is 12.5. The SMILES string of the molecule is c1ccc(C2=NC(c3cccc4sc5ccc(-c6cccc(-c7ccc(-c8ccccc8)cc7)c6)cc5c34)=NC(c3ccccc3)N2)cc1. The van der Waals surface area contributed by atoms with Gasteiger partial charge in [-0.1, -0.05) is 152 Å². The van der Waals surface area contributed by atoms with Gasteiger partial charge < -0.3 is 5.32 Å². The molecular weight excluding hydrogens is 615 g/mol. The number of aliphatic imine (C=N–C) groups is 2. The van der Waals surface area contributed by atoms with Crippen LogP contribution >= 0.6 is 11.3 Å². The van der Waals surface area contributed by atoms with Crippen molar-refractivity contribution in [3.63, 3.8) is 0 Å². The lowest BCUT2D eigenvalue weighted by molar-refractivity contribution is 0.674. The Bertz CT molecular complexity index is 2500. The molecular formula is C45H31N3S. The van der Waals surface area contributed by atoms with Crippen LogP contribution in [0.4, 0.5) is 0 Å². The topological polar surface area (TPSA) is 36.8 Å². The molecule has 4 heteroatoms. The van der Waals surface area contributed by atoms with Gasteiger partial charge in [0.15, 0.2) is 5.84 Å². The van der Waals surface area contributed by atoms with Gasteiger partial charge in [-0.3, -0.25) is 0 Å². The second-order valence-corrected chi connectivity index (χ2v) is 13.3. The Balaban J connectivity index is 1.13. The quantitative estimate of drug-likeness (QED) is 0.192. The molecule has 8 aromatic rings. The number of hydrogen-bond donors (Lipinski definition) is 1. The molecule has 1 aliphatic heterocycles. The molecule has 0 fully saturated rings. The van der Waals surface area contributed by atoms with E-state index in [1.807, 2.05) is 35.6 Å². The Morgan fingerprint density at radius 3 is 1.73 bits per heavy atom. The van der Waals surface area contributed by atoms with Crippen LogP contribution in [0, 0.1) is 0 Å². The van der Waals surface area contributed by atoms with E-state index in [0.717, 1.165) is 28.4 Å². The third-order valence-electron chi connectivity index (χ3n) is 9.16. The Morgan fingerprint density at radius 2 is 1.00 bits per heavy atom. The number of nitrogens with zero attached hydrogens (tertiary/aromatic N) is 2. The van der Waals surface area contributed by atoms with Crippen LogP contribution in [0.1, 0.15) is 22.9 Å². The summed E-state index contributed by atoms with van der Waals surface area (Å²) in [6.07, 6.45) is -0.246. The van der Waals surface area contributed by atoms with Gasteiger partial charge in [-0.25, -0.2) is 9.98 Å². The summed E-state index contributed by atoms with van der Waals surface area (Å²) < 4.78 is 2.48. The first-order chi connectivity index (χ1) is 24.3. The minimum absolute atomic E-state index is 0.246. The zero-order valence-corrected chi connectivity index (χ0v) is 27.4. The zero-order chi connectivity index (χ0) is 32.6. The van der Waals surface area contributed by atoms with E-state index in [9.17, 15) is 0 Å². The van der Waals surface area contributed by atoms with E-state index >= 15 is 0 Å². The molecule has 2 heterocycles. The fourth-order valence-electron chi connectivity index (χ4n) is 6.67.